The Bertz CT molecular complexity index is 840. The Labute approximate surface area is 152 Å². The first-order valence-corrected chi connectivity index (χ1v) is 7.99. The standard InChI is InChI=1S/C19H19N3O2.ClH/c1-2-17(23)24-13-12-20-19-15-10-6-7-11-16(15)21-18(22-19)14-8-4-3-5-9-14;/h3-11H,2,12-13H2,1H3,(H,20,21,22);1H. The molecule has 0 aliphatic carbocycles. The summed E-state index contributed by atoms with van der Waals surface area (Å²) in [5.41, 5.74) is 1.84. The number of benzene rings is 2. The van der Waals surface area contributed by atoms with Crippen LogP contribution in [0.25, 0.3) is 22.3 Å². The summed E-state index contributed by atoms with van der Waals surface area (Å²) >= 11 is 0. The molecule has 0 atom stereocenters. The third-order valence-corrected chi connectivity index (χ3v) is 3.58. The number of halogens is 1. The maximum atomic E-state index is 11.2. The van der Waals surface area contributed by atoms with Gasteiger partial charge in [-0.2, -0.15) is 0 Å². The van der Waals surface area contributed by atoms with E-state index in [2.05, 4.69) is 15.3 Å². The van der Waals surface area contributed by atoms with E-state index in [0.717, 1.165) is 22.3 Å². The summed E-state index contributed by atoms with van der Waals surface area (Å²) in [4.78, 5) is 20.5. The molecule has 0 aliphatic heterocycles. The normalized spacial score (nSPS) is 10.1. The van der Waals surface area contributed by atoms with Crippen LogP contribution in [-0.2, 0) is 9.53 Å². The Morgan fingerprint density at radius 1 is 1.04 bits per heavy atom. The highest BCUT2D eigenvalue weighted by atomic mass is 35.5. The molecule has 1 aromatic heterocycles. The van der Waals surface area contributed by atoms with Gasteiger partial charge in [0.1, 0.15) is 12.4 Å². The van der Waals surface area contributed by atoms with E-state index in [9.17, 15) is 4.79 Å². The lowest BCUT2D eigenvalue weighted by Gasteiger charge is -2.11. The molecule has 0 aliphatic rings. The van der Waals surface area contributed by atoms with E-state index < -0.39 is 0 Å². The highest BCUT2D eigenvalue weighted by Crippen LogP contribution is 2.24. The second kappa shape index (κ2) is 8.99. The average Bonchev–Trinajstić information content (AvgIpc) is 2.65. The number of para-hydroxylation sites is 1. The lowest BCUT2D eigenvalue weighted by atomic mass is 10.2. The molecule has 0 unspecified atom stereocenters. The molecule has 1 heterocycles. The van der Waals surface area contributed by atoms with Crippen LogP contribution in [0, 0.1) is 0 Å². The maximum absolute atomic E-state index is 11.2. The molecule has 0 bridgehead atoms. The Morgan fingerprint density at radius 3 is 2.52 bits per heavy atom. The summed E-state index contributed by atoms with van der Waals surface area (Å²) in [5, 5.41) is 4.19. The van der Waals surface area contributed by atoms with Crippen LogP contribution in [0.1, 0.15) is 13.3 Å². The van der Waals surface area contributed by atoms with E-state index >= 15 is 0 Å². The number of nitrogens with one attached hydrogen (secondary N) is 1. The Kier molecular flexibility index (Phi) is 6.71. The minimum Gasteiger partial charge on any atom is -0.464 e. The van der Waals surface area contributed by atoms with Gasteiger partial charge in [0.25, 0.3) is 0 Å². The molecule has 0 saturated heterocycles. The third-order valence-electron chi connectivity index (χ3n) is 3.58. The third kappa shape index (κ3) is 4.67. The summed E-state index contributed by atoms with van der Waals surface area (Å²) in [6.45, 7) is 2.59. The number of nitrogens with zero attached hydrogens (tertiary/aromatic N) is 2. The van der Waals surface area contributed by atoms with Gasteiger partial charge >= 0.3 is 5.97 Å². The number of rotatable bonds is 6. The van der Waals surface area contributed by atoms with Crippen molar-refractivity contribution in [2.75, 3.05) is 18.5 Å². The van der Waals surface area contributed by atoms with Crippen molar-refractivity contribution in [1.82, 2.24) is 9.97 Å². The molecule has 25 heavy (non-hydrogen) atoms. The Hall–Kier alpha value is -2.66. The zero-order chi connectivity index (χ0) is 16.8. The lowest BCUT2D eigenvalue weighted by molar-refractivity contribution is -0.142. The molecule has 6 heteroatoms. The zero-order valence-electron chi connectivity index (χ0n) is 13.9. The van der Waals surface area contributed by atoms with Crippen LogP contribution < -0.4 is 5.32 Å². The SMILES string of the molecule is CCC(=O)OCCNc1nc(-c2ccccc2)nc2ccccc12.Cl. The molecular formula is C19H20ClN3O2. The fourth-order valence-electron chi connectivity index (χ4n) is 2.36. The van der Waals surface area contributed by atoms with Crippen molar-refractivity contribution < 1.29 is 9.53 Å². The molecule has 0 fully saturated rings. The first-order valence-electron chi connectivity index (χ1n) is 7.99. The molecule has 130 valence electrons. The van der Waals surface area contributed by atoms with Crippen LogP contribution in [0.4, 0.5) is 5.82 Å². The van der Waals surface area contributed by atoms with Gasteiger partial charge in [-0.25, -0.2) is 9.97 Å². The van der Waals surface area contributed by atoms with Gasteiger partial charge in [0.05, 0.1) is 12.1 Å². The van der Waals surface area contributed by atoms with Gasteiger partial charge in [-0.1, -0.05) is 49.4 Å². The van der Waals surface area contributed by atoms with Gasteiger partial charge in [0, 0.05) is 17.4 Å². The largest absolute Gasteiger partial charge is 0.464 e. The first-order chi connectivity index (χ1) is 11.8. The van der Waals surface area contributed by atoms with Crippen LogP contribution in [0.15, 0.2) is 54.6 Å². The second-order valence-corrected chi connectivity index (χ2v) is 5.28. The molecule has 3 aromatic rings. The predicted octanol–water partition coefficient (Wildman–Crippen LogP) is 4.08. The van der Waals surface area contributed by atoms with Crippen molar-refractivity contribution in [3.63, 3.8) is 0 Å². The molecule has 0 saturated carbocycles. The predicted molar refractivity (Wildman–Crippen MR) is 102 cm³/mol. The number of fused-ring (bicyclic) bond motifs is 1. The second-order valence-electron chi connectivity index (χ2n) is 5.28. The van der Waals surface area contributed by atoms with Gasteiger partial charge in [0.15, 0.2) is 5.82 Å². The molecule has 1 N–H and O–H groups in total. The number of carbonyl (C=O) groups excluding carboxylic acids is 1. The quantitative estimate of drug-likeness (QED) is 0.532. The van der Waals surface area contributed by atoms with Crippen LogP contribution in [0.2, 0.25) is 0 Å². The van der Waals surface area contributed by atoms with E-state index in [1.54, 1.807) is 6.92 Å². The van der Waals surface area contributed by atoms with Gasteiger partial charge in [0.2, 0.25) is 0 Å². The van der Waals surface area contributed by atoms with E-state index in [1.165, 1.54) is 0 Å². The summed E-state index contributed by atoms with van der Waals surface area (Å²) in [6.07, 6.45) is 0.384. The van der Waals surface area contributed by atoms with Crippen molar-refractivity contribution in [3.05, 3.63) is 54.6 Å². The van der Waals surface area contributed by atoms with Crippen molar-refractivity contribution in [2.45, 2.75) is 13.3 Å². The topological polar surface area (TPSA) is 64.1 Å². The summed E-state index contributed by atoms with van der Waals surface area (Å²) in [7, 11) is 0. The monoisotopic (exact) mass is 357 g/mol. The smallest absolute Gasteiger partial charge is 0.305 e. The molecule has 3 rings (SSSR count). The molecule has 5 nitrogen and oxygen atoms in total. The van der Waals surface area contributed by atoms with Crippen LogP contribution in [-0.4, -0.2) is 29.1 Å². The summed E-state index contributed by atoms with van der Waals surface area (Å²) in [6, 6.07) is 17.7. The summed E-state index contributed by atoms with van der Waals surface area (Å²) < 4.78 is 5.10. The average molecular weight is 358 g/mol. The van der Waals surface area contributed by atoms with Crippen molar-refractivity contribution >= 4 is 35.1 Å². The van der Waals surface area contributed by atoms with Crippen molar-refractivity contribution in [2.24, 2.45) is 0 Å². The maximum Gasteiger partial charge on any atom is 0.305 e. The number of hydrogen-bond donors (Lipinski definition) is 1. The molecular weight excluding hydrogens is 338 g/mol. The molecule has 0 amide bonds. The highest BCUT2D eigenvalue weighted by molar-refractivity contribution is 5.90. The fraction of sp³-hybridized carbons (Fsp3) is 0.211. The van der Waals surface area contributed by atoms with Crippen LogP contribution in [0.5, 0.6) is 0 Å². The number of carbonyl (C=O) groups is 1. The lowest BCUT2D eigenvalue weighted by Crippen LogP contribution is -2.14. The van der Waals surface area contributed by atoms with E-state index in [1.807, 2.05) is 54.6 Å². The number of ether oxygens (including phenoxy) is 1. The van der Waals surface area contributed by atoms with Gasteiger partial charge in [-0.3, -0.25) is 4.79 Å². The van der Waals surface area contributed by atoms with Crippen molar-refractivity contribution in [1.29, 1.82) is 0 Å². The first kappa shape index (κ1) is 18.7. The van der Waals surface area contributed by atoms with Crippen LogP contribution in [0.3, 0.4) is 0 Å². The molecule has 0 spiro atoms. The van der Waals surface area contributed by atoms with Crippen LogP contribution >= 0.6 is 12.4 Å². The molecule has 0 radical (unpaired) electrons. The van der Waals surface area contributed by atoms with E-state index in [0.29, 0.717) is 25.4 Å². The number of esters is 1. The Balaban J connectivity index is 0.00000225. The molecule has 2 aromatic carbocycles. The minimum absolute atomic E-state index is 0. The fourth-order valence-corrected chi connectivity index (χ4v) is 2.36. The van der Waals surface area contributed by atoms with E-state index in [-0.39, 0.29) is 18.4 Å². The van der Waals surface area contributed by atoms with Gasteiger partial charge < -0.3 is 10.1 Å². The van der Waals surface area contributed by atoms with Gasteiger partial charge in [-0.05, 0) is 12.1 Å². The Morgan fingerprint density at radius 2 is 1.76 bits per heavy atom. The van der Waals surface area contributed by atoms with Crippen molar-refractivity contribution in [3.8, 4) is 11.4 Å². The van der Waals surface area contributed by atoms with Gasteiger partial charge in [-0.15, -0.1) is 12.4 Å². The number of hydrogen-bond acceptors (Lipinski definition) is 5. The highest BCUT2D eigenvalue weighted by Gasteiger charge is 2.09. The summed E-state index contributed by atoms with van der Waals surface area (Å²) in [5.74, 6) is 1.21. The zero-order valence-corrected chi connectivity index (χ0v) is 14.8. The number of anilines is 1. The number of aromatic nitrogens is 2. The minimum atomic E-state index is -0.200. The van der Waals surface area contributed by atoms with E-state index in [4.69, 9.17) is 4.74 Å².